The Kier molecular flexibility index (Phi) is 182. The van der Waals surface area contributed by atoms with E-state index in [-0.39, 0.29) is 407 Å². The van der Waals surface area contributed by atoms with Crippen molar-refractivity contribution in [2.45, 2.75) is 19.3 Å². The standard InChI is InChI=1S/C27H18O4.18CH3.6Ce/c28-24-7-1-18(2-8-24)13-21-16-22(14-19-3-9-25(29)10-4-19)27(31)23(17-21)15-20-5-11-26(30)12-6-20;;;;;;;;;;;;;;;;;;;;;;;;/h1-6,16-17,28-31H,13-15H2;18*1H3;;;;;;/q-6;18*-1;6*+4. The second-order valence-corrected chi connectivity index (χ2v) is 7.30. The van der Waals surface area contributed by atoms with E-state index in [0.717, 1.165) is 33.4 Å². The van der Waals surface area contributed by atoms with Crippen LogP contribution in [0.4, 0.5) is 0 Å². The van der Waals surface area contributed by atoms with E-state index < -0.39 is 0 Å². The van der Waals surface area contributed by atoms with E-state index in [2.05, 4.69) is 36.4 Å². The van der Waals surface area contributed by atoms with Gasteiger partial charge in [0.2, 0.25) is 0 Å². The minimum atomic E-state index is -0.0536. The van der Waals surface area contributed by atoms with Crippen LogP contribution in [0.25, 0.3) is 0 Å². The SMILES string of the molecule is Oc1[c-]cc(Cc2cc(Cc3c[c-]c(O)[c-]c3)c(O)c(Cc3c[c-]c(O)[c-]c3)c2)c[c-]1.[CH3-].[CH3-].[CH3-].[CH3-].[CH3-].[CH3-].[CH3-].[CH3-].[CH3-].[CH3-].[CH3-].[CH3-].[CH3-].[CH3-].[CH3-].[CH3-].[CH3-].[CH3-].[Ce+4].[Ce+4].[Ce+4].[Ce+4].[Ce+4].[Ce+4]. The molecule has 4 aromatic carbocycles. The van der Waals surface area contributed by atoms with Crippen LogP contribution in [0.2, 0.25) is 0 Å². The second kappa shape index (κ2) is 72.8. The van der Waals surface area contributed by atoms with Crippen LogP contribution in [0.3, 0.4) is 0 Å². The van der Waals surface area contributed by atoms with Gasteiger partial charge in [-0.1, -0.05) is 37.0 Å². The van der Waals surface area contributed by atoms with Gasteiger partial charge in [-0.2, -0.15) is 0 Å². The molecule has 0 saturated carbocycles. The van der Waals surface area contributed by atoms with E-state index in [1.54, 1.807) is 36.4 Å². The maximum Gasteiger partial charge on any atom is 4.00 e. The molecule has 10 heteroatoms. The van der Waals surface area contributed by atoms with E-state index in [1.807, 2.05) is 12.1 Å². The zero-order valence-corrected chi connectivity index (χ0v) is 56.4. The normalized spacial score (nSPS) is 6.11. The number of benzene rings is 4. The van der Waals surface area contributed by atoms with Crippen LogP contribution in [0.1, 0.15) is 33.4 Å². The number of phenolic OH excluding ortho intramolecular Hbond substituents is 4. The summed E-state index contributed by atoms with van der Waals surface area (Å²) < 4.78 is 0. The van der Waals surface area contributed by atoms with Gasteiger partial charge < -0.3 is 191 Å². The zero-order valence-electron chi connectivity index (χ0n) is 37.5. The Balaban J connectivity index is -0.0000000254. The van der Waals surface area contributed by atoms with Crippen LogP contribution in [0.5, 0.6) is 23.0 Å². The Hall–Kier alpha value is 4.34. The summed E-state index contributed by atoms with van der Waals surface area (Å²) in [6.07, 6.45) is 1.47. The molecule has 0 amide bonds. The first-order valence-corrected chi connectivity index (χ1v) is 9.63. The summed E-state index contributed by atoms with van der Waals surface area (Å²) in [7, 11) is 0. The van der Waals surface area contributed by atoms with Crippen molar-refractivity contribution in [1.82, 2.24) is 0 Å². The van der Waals surface area contributed by atoms with Crippen LogP contribution < -0.4 is 0 Å². The molecule has 0 saturated heterocycles. The van der Waals surface area contributed by atoms with Crippen molar-refractivity contribution in [3.8, 4) is 23.0 Å². The molecule has 0 bridgehead atoms. The van der Waals surface area contributed by atoms with Crippen LogP contribution >= 0.6 is 0 Å². The minimum Gasteiger partial charge on any atom is -0.559 e. The van der Waals surface area contributed by atoms with Crippen LogP contribution in [0.15, 0.2) is 48.5 Å². The molecule has 4 nitrogen and oxygen atoms in total. The van der Waals surface area contributed by atoms with Gasteiger partial charge in [0.1, 0.15) is 5.75 Å². The molecule has 4 aromatic rings. The summed E-state index contributed by atoms with van der Waals surface area (Å²) in [6, 6.07) is 30.3. The molecule has 4 N–H and O–H groups in total. The number of phenols is 4. The smallest absolute Gasteiger partial charge is 0.559 e. The van der Waals surface area contributed by atoms with Crippen molar-refractivity contribution in [2.75, 3.05) is 0 Å². The molecule has 0 fully saturated rings. The summed E-state index contributed by atoms with van der Waals surface area (Å²) in [4.78, 5) is 0. The fraction of sp³-hybridized carbons (Fsp3) is 0.0667. The quantitative estimate of drug-likeness (QED) is 0.145. The first-order chi connectivity index (χ1) is 15.0. The summed E-state index contributed by atoms with van der Waals surface area (Å²) in [6.45, 7) is 0. The summed E-state index contributed by atoms with van der Waals surface area (Å²) >= 11 is 0. The topological polar surface area (TPSA) is 80.9 Å². The van der Waals surface area contributed by atoms with Gasteiger partial charge in [0.25, 0.3) is 0 Å². The summed E-state index contributed by atoms with van der Waals surface area (Å²) in [5.74, 6) is 0.0494. The van der Waals surface area contributed by atoms with Gasteiger partial charge in [-0.25, -0.2) is 0 Å². The predicted octanol–water partition coefficient (Wildman–Crippen LogP) is 12.2. The van der Waals surface area contributed by atoms with E-state index in [0.29, 0.717) is 19.3 Å². The Morgan fingerprint density at radius 2 is 0.473 bits per heavy atom. The molecule has 0 atom stereocenters. The molecule has 300 valence electrons. The van der Waals surface area contributed by atoms with Crippen molar-refractivity contribution in [3.05, 3.63) is 252 Å². The number of hydrogen-bond donors (Lipinski definition) is 4. The maximum atomic E-state index is 11.0. The molecule has 0 heterocycles. The number of rotatable bonds is 6. The van der Waals surface area contributed by atoms with E-state index >= 15 is 0 Å². The monoisotopic (exact) mass is 1520 g/mol. The molecule has 55 heavy (non-hydrogen) atoms. The second-order valence-electron chi connectivity index (χ2n) is 7.30. The van der Waals surface area contributed by atoms with Gasteiger partial charge in [-0.3, -0.25) is 53.1 Å². The zero-order chi connectivity index (χ0) is 21.8. The Bertz CT molecular complexity index is 1120. The molecule has 4 rings (SSSR count). The van der Waals surface area contributed by atoms with Crippen molar-refractivity contribution >= 4 is 0 Å². The van der Waals surface area contributed by atoms with Crippen LogP contribution in [-0.4, -0.2) is 20.4 Å². The van der Waals surface area contributed by atoms with E-state index in [1.165, 1.54) is 0 Å². The molecular formula is C45H72Ce6O4. The third-order valence-electron chi connectivity index (χ3n) is 4.89. The van der Waals surface area contributed by atoms with Gasteiger partial charge in [-0.15, -0.1) is 17.2 Å². The average Bonchev–Trinajstić information content (AvgIpc) is 2.76. The Morgan fingerprint density at radius 3 is 0.673 bits per heavy atom. The van der Waals surface area contributed by atoms with Gasteiger partial charge in [0, 0.05) is 0 Å². The van der Waals surface area contributed by atoms with E-state index in [4.69, 9.17) is 0 Å². The molecule has 0 spiro atoms. The first kappa shape index (κ1) is 137. The van der Waals surface area contributed by atoms with Gasteiger partial charge in [0.05, 0.1) is 0 Å². The van der Waals surface area contributed by atoms with Crippen molar-refractivity contribution < 1.29 is 271 Å². The predicted molar refractivity (Wildman–Crippen MR) is 229 cm³/mol. The largest absolute Gasteiger partial charge is 4.00 e. The van der Waals surface area contributed by atoms with E-state index in [9.17, 15) is 20.4 Å². The number of aromatic hydroxyl groups is 4. The third kappa shape index (κ3) is 47.7. The van der Waals surface area contributed by atoms with Crippen molar-refractivity contribution in [3.63, 3.8) is 0 Å². The molecule has 0 radical (unpaired) electrons. The molecule has 0 aliphatic heterocycles. The molecule has 0 unspecified atom stereocenters. The molecule has 0 aromatic heterocycles. The Morgan fingerprint density at radius 1 is 0.291 bits per heavy atom. The van der Waals surface area contributed by atoms with Crippen molar-refractivity contribution in [1.29, 1.82) is 0 Å². The third-order valence-corrected chi connectivity index (χ3v) is 4.89. The molecular weight excluding hydrogens is 1450 g/mol. The van der Waals surface area contributed by atoms with Gasteiger partial charge in [-0.05, 0) is 11.1 Å². The fourth-order valence-electron chi connectivity index (χ4n) is 3.40. The molecule has 0 aliphatic rings. The summed E-state index contributed by atoms with van der Waals surface area (Å²) in [5.41, 5.74) is 5.09. The van der Waals surface area contributed by atoms with Crippen molar-refractivity contribution in [2.24, 2.45) is 0 Å². The fourth-order valence-corrected chi connectivity index (χ4v) is 3.40. The average molecular weight is 1520 g/mol. The number of hydrogen-bond acceptors (Lipinski definition) is 4. The Labute approximate surface area is 553 Å². The molecule has 0 aliphatic carbocycles. The van der Waals surface area contributed by atoms with Crippen LogP contribution in [0, 0.1) is 421 Å². The maximum absolute atomic E-state index is 11.0. The van der Waals surface area contributed by atoms with Gasteiger partial charge >= 0.3 is 250 Å². The summed E-state index contributed by atoms with van der Waals surface area (Å²) in [5, 5.41) is 39.2. The minimum absolute atomic E-state index is 0. The van der Waals surface area contributed by atoms with Crippen LogP contribution in [-0.2, 0) is 19.3 Å². The first-order valence-electron chi connectivity index (χ1n) is 9.63. The van der Waals surface area contributed by atoms with Gasteiger partial charge in [0.15, 0.2) is 0 Å².